The van der Waals surface area contributed by atoms with Crippen molar-refractivity contribution in [1.82, 2.24) is 4.98 Å². The molecule has 0 aliphatic heterocycles. The van der Waals surface area contributed by atoms with Crippen molar-refractivity contribution in [1.29, 1.82) is 5.26 Å². The van der Waals surface area contributed by atoms with Crippen LogP contribution in [0.3, 0.4) is 0 Å². The molecule has 0 radical (unpaired) electrons. The fraction of sp³-hybridized carbons (Fsp3) is 0.143. The normalized spacial score (nSPS) is 10.9. The van der Waals surface area contributed by atoms with Crippen molar-refractivity contribution in [2.75, 3.05) is 0 Å². The fourth-order valence-electron chi connectivity index (χ4n) is 0.744. The standard InChI is InChI=1S/C7HF5N2O/c8-4-5(15-7(10,11)12)3(1-13)2-14-6(4)9/h2H. The van der Waals surface area contributed by atoms with Gasteiger partial charge in [0.25, 0.3) is 5.95 Å². The first-order chi connectivity index (χ1) is 6.85. The van der Waals surface area contributed by atoms with Crippen molar-refractivity contribution >= 4 is 0 Å². The Kier molecular flexibility index (Phi) is 2.74. The highest BCUT2D eigenvalue weighted by atomic mass is 19.4. The van der Waals surface area contributed by atoms with Gasteiger partial charge in [0.2, 0.25) is 5.82 Å². The minimum absolute atomic E-state index is 0.444. The average molecular weight is 224 g/mol. The minimum atomic E-state index is -5.21. The van der Waals surface area contributed by atoms with E-state index in [-0.39, 0.29) is 0 Å². The third-order valence-corrected chi connectivity index (χ3v) is 1.27. The molecule has 3 nitrogen and oxygen atoms in total. The number of nitriles is 1. The molecule has 1 heterocycles. The number of ether oxygens (including phenoxy) is 1. The minimum Gasteiger partial charge on any atom is -0.401 e. The van der Waals surface area contributed by atoms with Gasteiger partial charge in [-0.1, -0.05) is 0 Å². The Hall–Kier alpha value is -1.91. The van der Waals surface area contributed by atoms with Gasteiger partial charge < -0.3 is 4.74 Å². The van der Waals surface area contributed by atoms with Gasteiger partial charge in [-0.05, 0) is 0 Å². The number of hydrogen-bond acceptors (Lipinski definition) is 3. The average Bonchev–Trinajstić information content (AvgIpc) is 2.11. The Morgan fingerprint density at radius 2 is 1.93 bits per heavy atom. The number of halogens is 5. The summed E-state index contributed by atoms with van der Waals surface area (Å²) < 4.78 is 63.5. The van der Waals surface area contributed by atoms with Crippen LogP contribution in [0.15, 0.2) is 6.20 Å². The molecule has 1 rings (SSSR count). The first-order valence-corrected chi connectivity index (χ1v) is 3.35. The molecule has 0 saturated carbocycles. The van der Waals surface area contributed by atoms with Gasteiger partial charge in [0.1, 0.15) is 11.6 Å². The lowest BCUT2D eigenvalue weighted by molar-refractivity contribution is -0.275. The highest BCUT2D eigenvalue weighted by molar-refractivity contribution is 5.41. The maximum atomic E-state index is 12.8. The van der Waals surface area contributed by atoms with Gasteiger partial charge >= 0.3 is 6.36 Å². The van der Waals surface area contributed by atoms with Crippen molar-refractivity contribution in [3.05, 3.63) is 23.5 Å². The van der Waals surface area contributed by atoms with Crippen LogP contribution in [0.5, 0.6) is 5.75 Å². The van der Waals surface area contributed by atoms with Gasteiger partial charge in [-0.3, -0.25) is 0 Å². The summed E-state index contributed by atoms with van der Waals surface area (Å²) in [5, 5.41) is 8.30. The molecule has 1 aromatic rings. The van der Waals surface area contributed by atoms with Crippen LogP contribution in [0, 0.1) is 23.1 Å². The first-order valence-electron chi connectivity index (χ1n) is 3.35. The number of hydrogen-bond donors (Lipinski definition) is 0. The number of nitrogens with zero attached hydrogens (tertiary/aromatic N) is 2. The fourth-order valence-corrected chi connectivity index (χ4v) is 0.744. The molecule has 0 fully saturated rings. The summed E-state index contributed by atoms with van der Waals surface area (Å²) in [6, 6.07) is 1.19. The first kappa shape index (κ1) is 11.2. The number of rotatable bonds is 1. The Morgan fingerprint density at radius 1 is 1.33 bits per heavy atom. The van der Waals surface area contributed by atoms with E-state index in [1.807, 2.05) is 0 Å². The molecule has 0 bridgehead atoms. The summed E-state index contributed by atoms with van der Waals surface area (Å²) in [6.45, 7) is 0. The molecule has 0 aliphatic rings. The van der Waals surface area contributed by atoms with Crippen molar-refractivity contribution in [2.45, 2.75) is 6.36 Å². The lowest BCUT2D eigenvalue weighted by atomic mass is 10.3. The molecule has 8 heteroatoms. The van der Waals surface area contributed by atoms with E-state index >= 15 is 0 Å². The van der Waals surface area contributed by atoms with Crippen LogP contribution >= 0.6 is 0 Å². The number of alkyl halides is 3. The second-order valence-electron chi connectivity index (χ2n) is 2.27. The molecule has 0 N–H and O–H groups in total. The molecular weight excluding hydrogens is 223 g/mol. The summed E-state index contributed by atoms with van der Waals surface area (Å²) in [7, 11) is 0. The SMILES string of the molecule is N#Cc1cnc(F)c(F)c1OC(F)(F)F. The maximum Gasteiger partial charge on any atom is 0.573 e. The van der Waals surface area contributed by atoms with Crippen LogP contribution in [-0.2, 0) is 0 Å². The summed E-state index contributed by atoms with van der Waals surface area (Å²) >= 11 is 0. The van der Waals surface area contributed by atoms with E-state index in [4.69, 9.17) is 5.26 Å². The third-order valence-electron chi connectivity index (χ3n) is 1.27. The molecule has 0 spiro atoms. The zero-order chi connectivity index (χ0) is 11.6. The third kappa shape index (κ3) is 2.52. The Balaban J connectivity index is 3.26. The molecule has 0 atom stereocenters. The number of pyridine rings is 1. The lowest BCUT2D eigenvalue weighted by Gasteiger charge is -2.10. The second kappa shape index (κ2) is 3.68. The van der Waals surface area contributed by atoms with Crippen molar-refractivity contribution in [3.8, 4) is 11.8 Å². The zero-order valence-electron chi connectivity index (χ0n) is 6.77. The van der Waals surface area contributed by atoms with Gasteiger partial charge in [-0.25, -0.2) is 4.98 Å². The van der Waals surface area contributed by atoms with Gasteiger partial charge in [-0.15, -0.1) is 13.2 Å². The molecule has 0 unspecified atom stereocenters. The van der Waals surface area contributed by atoms with E-state index in [0.29, 0.717) is 6.20 Å². The van der Waals surface area contributed by atoms with Gasteiger partial charge in [0.05, 0.1) is 6.20 Å². The smallest absolute Gasteiger partial charge is 0.401 e. The molecule has 80 valence electrons. The Bertz CT molecular complexity index is 423. The van der Waals surface area contributed by atoms with E-state index in [2.05, 4.69) is 9.72 Å². The molecule has 15 heavy (non-hydrogen) atoms. The molecule has 0 saturated heterocycles. The Morgan fingerprint density at radius 3 is 2.40 bits per heavy atom. The van der Waals surface area contributed by atoms with Crippen molar-refractivity contribution in [3.63, 3.8) is 0 Å². The van der Waals surface area contributed by atoms with Crippen LogP contribution in [0.2, 0.25) is 0 Å². The molecule has 0 aromatic carbocycles. The van der Waals surface area contributed by atoms with Crippen LogP contribution < -0.4 is 4.74 Å². The monoisotopic (exact) mass is 224 g/mol. The van der Waals surface area contributed by atoms with E-state index < -0.39 is 29.4 Å². The van der Waals surface area contributed by atoms with Gasteiger partial charge in [0.15, 0.2) is 5.75 Å². The van der Waals surface area contributed by atoms with Crippen molar-refractivity contribution in [2.24, 2.45) is 0 Å². The second-order valence-corrected chi connectivity index (χ2v) is 2.27. The molecule has 0 aliphatic carbocycles. The summed E-state index contributed by atoms with van der Waals surface area (Å²) in [6.07, 6.45) is -4.76. The highest BCUT2D eigenvalue weighted by Gasteiger charge is 2.34. The predicted molar refractivity (Wildman–Crippen MR) is 35.6 cm³/mol. The van der Waals surface area contributed by atoms with E-state index in [1.165, 1.54) is 6.07 Å². The van der Waals surface area contributed by atoms with Crippen LogP contribution in [0.4, 0.5) is 22.0 Å². The van der Waals surface area contributed by atoms with Gasteiger partial charge in [0, 0.05) is 0 Å². The molecule has 1 aromatic heterocycles. The van der Waals surface area contributed by atoms with Crippen LogP contribution in [0.1, 0.15) is 5.56 Å². The van der Waals surface area contributed by atoms with Crippen LogP contribution in [-0.4, -0.2) is 11.3 Å². The topological polar surface area (TPSA) is 45.9 Å². The quantitative estimate of drug-likeness (QED) is 0.542. The van der Waals surface area contributed by atoms with Crippen LogP contribution in [0.25, 0.3) is 0 Å². The summed E-state index contributed by atoms with van der Waals surface area (Å²) in [4.78, 5) is 2.73. The largest absolute Gasteiger partial charge is 0.573 e. The summed E-state index contributed by atoms with van der Waals surface area (Å²) in [5.74, 6) is -5.24. The van der Waals surface area contributed by atoms with E-state index in [0.717, 1.165) is 0 Å². The lowest BCUT2D eigenvalue weighted by Crippen LogP contribution is -2.19. The molecular formula is C7HF5N2O. The van der Waals surface area contributed by atoms with E-state index in [9.17, 15) is 22.0 Å². The maximum absolute atomic E-state index is 12.8. The number of aromatic nitrogens is 1. The molecule has 0 amide bonds. The zero-order valence-corrected chi connectivity index (χ0v) is 6.77. The summed E-state index contributed by atoms with van der Waals surface area (Å²) in [5.41, 5.74) is -0.841. The van der Waals surface area contributed by atoms with E-state index in [1.54, 1.807) is 0 Å². The van der Waals surface area contributed by atoms with Gasteiger partial charge in [-0.2, -0.15) is 14.0 Å². The van der Waals surface area contributed by atoms with Crippen molar-refractivity contribution < 1.29 is 26.7 Å². The highest BCUT2D eigenvalue weighted by Crippen LogP contribution is 2.29. The Labute approximate surface area is 79.7 Å². The predicted octanol–water partition coefficient (Wildman–Crippen LogP) is 2.13.